The lowest BCUT2D eigenvalue weighted by Gasteiger charge is -2.38. The molecule has 136 valence electrons. The van der Waals surface area contributed by atoms with Gasteiger partial charge < -0.3 is 9.64 Å². The van der Waals surface area contributed by atoms with E-state index < -0.39 is 0 Å². The highest BCUT2D eigenvalue weighted by Crippen LogP contribution is 2.33. The minimum absolute atomic E-state index is 0.212. The van der Waals surface area contributed by atoms with Gasteiger partial charge in [0.1, 0.15) is 6.10 Å². The molecule has 5 nitrogen and oxygen atoms in total. The highest BCUT2D eigenvalue weighted by atomic mass is 16.5. The Bertz CT molecular complexity index is 586. The van der Waals surface area contributed by atoms with Gasteiger partial charge in [0.05, 0.1) is 6.10 Å². The van der Waals surface area contributed by atoms with Gasteiger partial charge >= 0.3 is 0 Å². The van der Waals surface area contributed by atoms with Crippen molar-refractivity contribution in [1.29, 1.82) is 0 Å². The highest BCUT2D eigenvalue weighted by molar-refractivity contribution is 5.81. The topological polar surface area (TPSA) is 45.7 Å². The molecule has 1 aromatic rings. The van der Waals surface area contributed by atoms with Gasteiger partial charge in [-0.2, -0.15) is 0 Å². The second-order valence-electron chi connectivity index (χ2n) is 7.93. The Hall–Kier alpha value is -1.46. The number of carbonyl (C=O) groups is 1. The van der Waals surface area contributed by atoms with Crippen molar-refractivity contribution in [3.05, 3.63) is 30.1 Å². The first-order chi connectivity index (χ1) is 12.2. The summed E-state index contributed by atoms with van der Waals surface area (Å²) in [5.74, 6) is 0.982. The molecule has 1 aromatic heterocycles. The maximum absolute atomic E-state index is 12.8. The average Bonchev–Trinajstić information content (AvgIpc) is 3.05. The number of pyridine rings is 1. The minimum Gasteiger partial charge on any atom is -0.363 e. The molecule has 0 radical (unpaired) electrons. The molecule has 0 bridgehead atoms. The molecule has 0 spiro atoms. The first-order valence-electron chi connectivity index (χ1n) is 9.78. The molecule has 0 aromatic carbocycles. The van der Waals surface area contributed by atoms with Crippen molar-refractivity contribution in [3.63, 3.8) is 0 Å². The lowest BCUT2D eigenvalue weighted by molar-refractivity contribution is -0.155. The van der Waals surface area contributed by atoms with Crippen LogP contribution >= 0.6 is 0 Å². The normalized spacial score (nSPS) is 31.1. The summed E-state index contributed by atoms with van der Waals surface area (Å²) < 4.78 is 6.27. The molecule has 4 heterocycles. The van der Waals surface area contributed by atoms with Gasteiger partial charge in [0, 0.05) is 44.6 Å². The fourth-order valence-electron chi connectivity index (χ4n) is 4.55. The summed E-state index contributed by atoms with van der Waals surface area (Å²) in [4.78, 5) is 21.4. The van der Waals surface area contributed by atoms with Crippen LogP contribution in [0.5, 0.6) is 0 Å². The third kappa shape index (κ3) is 3.72. The van der Waals surface area contributed by atoms with Crippen LogP contribution in [0.1, 0.15) is 44.6 Å². The monoisotopic (exact) mass is 343 g/mol. The van der Waals surface area contributed by atoms with E-state index in [9.17, 15) is 4.79 Å². The fraction of sp³-hybridized carbons (Fsp3) is 0.700. The Kier molecular flexibility index (Phi) is 5.04. The van der Waals surface area contributed by atoms with E-state index in [0.29, 0.717) is 6.04 Å². The average molecular weight is 343 g/mol. The number of hydrogen-bond donors (Lipinski definition) is 0. The maximum Gasteiger partial charge on any atom is 0.251 e. The molecule has 4 rings (SSSR count). The van der Waals surface area contributed by atoms with Gasteiger partial charge in [-0.3, -0.25) is 14.7 Å². The highest BCUT2D eigenvalue weighted by Gasteiger charge is 2.42. The van der Waals surface area contributed by atoms with Gasteiger partial charge in [0.15, 0.2) is 0 Å². The van der Waals surface area contributed by atoms with Crippen LogP contribution in [0.2, 0.25) is 0 Å². The van der Waals surface area contributed by atoms with Crippen molar-refractivity contribution < 1.29 is 9.53 Å². The first-order valence-corrected chi connectivity index (χ1v) is 9.78. The Labute approximate surface area is 150 Å². The van der Waals surface area contributed by atoms with E-state index in [2.05, 4.69) is 28.9 Å². The third-order valence-electron chi connectivity index (χ3n) is 6.17. The molecule has 0 saturated carbocycles. The van der Waals surface area contributed by atoms with Gasteiger partial charge in [-0.15, -0.1) is 0 Å². The molecular weight excluding hydrogens is 314 g/mol. The summed E-state index contributed by atoms with van der Waals surface area (Å²) in [5.41, 5.74) is 1.30. The second kappa shape index (κ2) is 7.42. The van der Waals surface area contributed by atoms with Crippen LogP contribution in [0.3, 0.4) is 0 Å². The lowest BCUT2D eigenvalue weighted by Crippen LogP contribution is -2.50. The van der Waals surface area contributed by atoms with Crippen molar-refractivity contribution in [3.8, 4) is 0 Å². The Morgan fingerprint density at radius 1 is 1.12 bits per heavy atom. The molecule has 3 saturated heterocycles. The molecule has 25 heavy (non-hydrogen) atoms. The second-order valence-corrected chi connectivity index (χ2v) is 7.93. The molecule has 3 fully saturated rings. The first kappa shape index (κ1) is 17.0. The zero-order valence-corrected chi connectivity index (χ0v) is 15.1. The van der Waals surface area contributed by atoms with E-state index in [4.69, 9.17) is 4.74 Å². The zero-order chi connectivity index (χ0) is 17.2. The molecule has 3 aliphatic heterocycles. The number of nitrogens with zero attached hydrogens (tertiary/aromatic N) is 3. The number of ether oxygens (including phenoxy) is 1. The summed E-state index contributed by atoms with van der Waals surface area (Å²) in [6.07, 6.45) is 8.94. The van der Waals surface area contributed by atoms with Crippen LogP contribution in [0.4, 0.5) is 0 Å². The molecule has 0 N–H and O–H groups in total. The van der Waals surface area contributed by atoms with E-state index in [0.717, 1.165) is 64.2 Å². The van der Waals surface area contributed by atoms with Crippen molar-refractivity contribution in [2.45, 2.75) is 63.8 Å². The van der Waals surface area contributed by atoms with E-state index in [1.54, 1.807) is 0 Å². The molecule has 3 atom stereocenters. The summed E-state index contributed by atoms with van der Waals surface area (Å²) in [6, 6.07) is 4.63. The summed E-state index contributed by atoms with van der Waals surface area (Å²) in [5, 5.41) is 0. The van der Waals surface area contributed by atoms with Crippen LogP contribution in [-0.2, 0) is 16.1 Å². The Balaban J connectivity index is 1.33. The number of aromatic nitrogens is 1. The molecule has 0 aliphatic carbocycles. The predicted molar refractivity (Wildman–Crippen MR) is 95.9 cm³/mol. The van der Waals surface area contributed by atoms with E-state index >= 15 is 0 Å². The minimum atomic E-state index is -0.212. The SMILES string of the molecule is CC1CCN(C(=O)[C@H]2CC[C@@H]3[C@@H](CCN3Cc3ccncc3)O2)CC1. The van der Waals surface area contributed by atoms with Gasteiger partial charge in [0.25, 0.3) is 5.91 Å². The van der Waals surface area contributed by atoms with Crippen molar-refractivity contribution in [2.75, 3.05) is 19.6 Å². The van der Waals surface area contributed by atoms with Gasteiger partial charge in [-0.05, 0) is 55.7 Å². The number of hydrogen-bond acceptors (Lipinski definition) is 4. The van der Waals surface area contributed by atoms with Crippen LogP contribution in [0.25, 0.3) is 0 Å². The van der Waals surface area contributed by atoms with Crippen LogP contribution in [-0.4, -0.2) is 58.6 Å². The standard InChI is InChI=1S/C20H29N3O2/c1-15-6-11-22(12-7-15)20(24)19-3-2-17-18(25-19)8-13-23(17)14-16-4-9-21-10-5-16/h4-5,9-10,15,17-19H,2-3,6-8,11-14H2,1H3/t17-,18-,19-/m1/s1. The molecular formula is C20H29N3O2. The molecule has 5 heteroatoms. The predicted octanol–water partition coefficient (Wildman–Crippen LogP) is 2.46. The van der Waals surface area contributed by atoms with Crippen molar-refractivity contribution >= 4 is 5.91 Å². The smallest absolute Gasteiger partial charge is 0.251 e. The Morgan fingerprint density at radius 2 is 1.88 bits per heavy atom. The Morgan fingerprint density at radius 3 is 2.64 bits per heavy atom. The number of piperidine rings is 1. The number of amides is 1. The van der Waals surface area contributed by atoms with E-state index in [-0.39, 0.29) is 18.1 Å². The maximum atomic E-state index is 12.8. The summed E-state index contributed by atoms with van der Waals surface area (Å²) in [6.45, 7) is 6.10. The number of rotatable bonds is 3. The van der Waals surface area contributed by atoms with Crippen LogP contribution < -0.4 is 0 Å². The van der Waals surface area contributed by atoms with Crippen molar-refractivity contribution in [2.24, 2.45) is 5.92 Å². The van der Waals surface area contributed by atoms with Gasteiger partial charge in [-0.25, -0.2) is 0 Å². The molecule has 1 amide bonds. The fourth-order valence-corrected chi connectivity index (χ4v) is 4.55. The van der Waals surface area contributed by atoms with Gasteiger partial charge in [-0.1, -0.05) is 6.92 Å². The van der Waals surface area contributed by atoms with Crippen molar-refractivity contribution in [1.82, 2.24) is 14.8 Å². The zero-order valence-electron chi connectivity index (χ0n) is 15.1. The van der Waals surface area contributed by atoms with Gasteiger partial charge in [0.2, 0.25) is 0 Å². The molecule has 3 aliphatic rings. The summed E-state index contributed by atoms with van der Waals surface area (Å²) >= 11 is 0. The van der Waals surface area contributed by atoms with E-state index in [1.807, 2.05) is 17.3 Å². The third-order valence-corrected chi connectivity index (χ3v) is 6.17. The quantitative estimate of drug-likeness (QED) is 0.846. The van der Waals surface area contributed by atoms with E-state index in [1.165, 1.54) is 5.56 Å². The van der Waals surface area contributed by atoms with Crippen LogP contribution in [0.15, 0.2) is 24.5 Å². The number of fused-ring (bicyclic) bond motifs is 1. The molecule has 0 unspecified atom stereocenters. The lowest BCUT2D eigenvalue weighted by atomic mass is 9.96. The number of likely N-dealkylation sites (tertiary alicyclic amines) is 2. The number of carbonyl (C=O) groups excluding carboxylic acids is 1. The summed E-state index contributed by atoms with van der Waals surface area (Å²) in [7, 11) is 0. The van der Waals surface area contributed by atoms with Crippen LogP contribution in [0, 0.1) is 5.92 Å². The largest absolute Gasteiger partial charge is 0.363 e.